The van der Waals surface area contributed by atoms with Crippen molar-refractivity contribution >= 4 is 6.09 Å². The van der Waals surface area contributed by atoms with Crippen LogP contribution in [0.4, 0.5) is 4.79 Å². The van der Waals surface area contributed by atoms with E-state index in [-0.39, 0.29) is 0 Å². The van der Waals surface area contributed by atoms with Crippen LogP contribution in [-0.4, -0.2) is 18.2 Å². The Morgan fingerprint density at radius 3 is 3.00 bits per heavy atom. The highest BCUT2D eigenvalue weighted by Crippen LogP contribution is 1.90. The van der Waals surface area contributed by atoms with Gasteiger partial charge in [-0.1, -0.05) is 0 Å². The molecule has 0 radical (unpaired) electrons. The first-order valence-corrected chi connectivity index (χ1v) is 2.39. The highest BCUT2D eigenvalue weighted by molar-refractivity contribution is 5.68. The molecule has 0 aromatic heterocycles. The molecular formula is C4H7N3O2. The fraction of sp³-hybridized carbons (Fsp3) is 0.250. The number of hydrogen-bond acceptors (Lipinski definition) is 4. The van der Waals surface area contributed by atoms with Gasteiger partial charge in [-0.05, 0) is 0 Å². The van der Waals surface area contributed by atoms with Crippen molar-refractivity contribution in [1.82, 2.24) is 16.0 Å². The van der Waals surface area contributed by atoms with E-state index in [4.69, 9.17) is 0 Å². The van der Waals surface area contributed by atoms with Gasteiger partial charge in [0.2, 0.25) is 0 Å². The number of hydrogen-bond donors (Lipinski definition) is 2. The summed E-state index contributed by atoms with van der Waals surface area (Å²) in [6.45, 7) is 0. The van der Waals surface area contributed by atoms with Crippen LogP contribution < -0.4 is 11.0 Å². The predicted molar refractivity (Wildman–Crippen MR) is 29.7 cm³/mol. The number of nitrogens with one attached hydrogen (secondary N) is 2. The van der Waals surface area contributed by atoms with Gasteiger partial charge in [-0.2, -0.15) is 5.01 Å². The summed E-state index contributed by atoms with van der Waals surface area (Å²) in [6, 6.07) is 0. The first-order valence-electron chi connectivity index (χ1n) is 2.39. The molecule has 0 saturated carbocycles. The Kier molecular flexibility index (Phi) is 1.55. The average Bonchev–Trinajstić information content (AvgIpc) is 2.37. The maximum absolute atomic E-state index is 10.6. The van der Waals surface area contributed by atoms with E-state index < -0.39 is 6.09 Å². The van der Waals surface area contributed by atoms with Crippen LogP contribution in [-0.2, 0) is 4.74 Å². The zero-order chi connectivity index (χ0) is 6.69. The molecule has 0 aromatic rings. The zero-order valence-electron chi connectivity index (χ0n) is 4.92. The average molecular weight is 129 g/mol. The molecule has 5 heteroatoms. The van der Waals surface area contributed by atoms with Crippen molar-refractivity contribution in [2.24, 2.45) is 0 Å². The molecule has 1 heterocycles. The third kappa shape index (κ3) is 1.11. The molecule has 2 N–H and O–H groups in total. The van der Waals surface area contributed by atoms with E-state index >= 15 is 0 Å². The minimum atomic E-state index is -0.448. The molecule has 5 nitrogen and oxygen atoms in total. The second-order valence-corrected chi connectivity index (χ2v) is 1.41. The summed E-state index contributed by atoms with van der Waals surface area (Å²) < 4.78 is 4.37. The van der Waals surface area contributed by atoms with E-state index in [1.54, 1.807) is 6.20 Å². The monoisotopic (exact) mass is 129 g/mol. The lowest BCUT2D eigenvalue weighted by atomic mass is 10.9. The van der Waals surface area contributed by atoms with Crippen LogP contribution in [0, 0.1) is 0 Å². The number of ether oxygens (including phenoxy) is 1. The van der Waals surface area contributed by atoms with Gasteiger partial charge in [-0.3, -0.25) is 0 Å². The topological polar surface area (TPSA) is 53.6 Å². The molecule has 9 heavy (non-hydrogen) atoms. The van der Waals surface area contributed by atoms with Crippen LogP contribution in [0.3, 0.4) is 0 Å². The Balaban J connectivity index is 2.43. The van der Waals surface area contributed by atoms with Crippen molar-refractivity contribution in [3.8, 4) is 0 Å². The highest BCUT2D eigenvalue weighted by atomic mass is 16.5. The van der Waals surface area contributed by atoms with Crippen molar-refractivity contribution in [3.05, 3.63) is 12.4 Å². The van der Waals surface area contributed by atoms with Crippen LogP contribution in [0.25, 0.3) is 0 Å². The van der Waals surface area contributed by atoms with Gasteiger partial charge in [0.1, 0.15) is 0 Å². The fourth-order valence-electron chi connectivity index (χ4n) is 0.461. The van der Waals surface area contributed by atoms with Crippen molar-refractivity contribution in [3.63, 3.8) is 0 Å². The van der Waals surface area contributed by atoms with E-state index in [0.717, 1.165) is 0 Å². The van der Waals surface area contributed by atoms with Gasteiger partial charge < -0.3 is 10.2 Å². The van der Waals surface area contributed by atoms with E-state index in [0.29, 0.717) is 0 Å². The number of amides is 1. The SMILES string of the molecule is COC(=O)N1C=CNN1. The number of methoxy groups -OCH3 is 1. The highest BCUT2D eigenvalue weighted by Gasteiger charge is 2.11. The largest absolute Gasteiger partial charge is 0.452 e. The molecule has 0 fully saturated rings. The Morgan fingerprint density at radius 2 is 2.56 bits per heavy atom. The van der Waals surface area contributed by atoms with Gasteiger partial charge >= 0.3 is 6.09 Å². The molecule has 1 aliphatic heterocycles. The molecule has 1 amide bonds. The standard InChI is InChI=1S/C4H7N3O2/c1-9-4(8)7-3-2-5-6-7/h2-3,5-6H,1H3. The second kappa shape index (κ2) is 2.36. The number of carbonyl (C=O) groups excluding carboxylic acids is 1. The molecule has 0 aliphatic carbocycles. The lowest BCUT2D eigenvalue weighted by molar-refractivity contribution is 0.124. The Hall–Kier alpha value is -1.23. The number of rotatable bonds is 0. The number of carbonyl (C=O) groups is 1. The summed E-state index contributed by atoms with van der Waals surface area (Å²) in [5, 5.41) is 1.18. The minimum absolute atomic E-state index is 0.448. The lowest BCUT2D eigenvalue weighted by Gasteiger charge is -2.09. The summed E-state index contributed by atoms with van der Waals surface area (Å²) in [5.74, 6) is 0. The van der Waals surface area contributed by atoms with E-state index in [1.807, 2.05) is 0 Å². The summed E-state index contributed by atoms with van der Waals surface area (Å²) in [7, 11) is 1.32. The summed E-state index contributed by atoms with van der Waals surface area (Å²) in [4.78, 5) is 10.6. The van der Waals surface area contributed by atoms with Gasteiger partial charge in [0.15, 0.2) is 0 Å². The van der Waals surface area contributed by atoms with Gasteiger partial charge in [0.05, 0.1) is 7.11 Å². The van der Waals surface area contributed by atoms with Crippen molar-refractivity contribution in [2.45, 2.75) is 0 Å². The molecule has 0 atom stereocenters. The maximum Gasteiger partial charge on any atom is 0.429 e. The van der Waals surface area contributed by atoms with Gasteiger partial charge in [0.25, 0.3) is 0 Å². The van der Waals surface area contributed by atoms with Crippen LogP contribution >= 0.6 is 0 Å². The second-order valence-electron chi connectivity index (χ2n) is 1.41. The molecule has 0 aromatic carbocycles. The van der Waals surface area contributed by atoms with Crippen LogP contribution in [0.1, 0.15) is 0 Å². The van der Waals surface area contributed by atoms with E-state index in [9.17, 15) is 4.79 Å². The Labute approximate surface area is 52.2 Å². The molecule has 0 bridgehead atoms. The van der Waals surface area contributed by atoms with Gasteiger partial charge in [0, 0.05) is 12.4 Å². The maximum atomic E-state index is 10.6. The predicted octanol–water partition coefficient (Wildman–Crippen LogP) is -0.451. The third-order valence-electron chi connectivity index (χ3n) is 0.863. The molecular weight excluding hydrogens is 122 g/mol. The minimum Gasteiger partial charge on any atom is -0.452 e. The lowest BCUT2D eigenvalue weighted by Crippen LogP contribution is -2.39. The van der Waals surface area contributed by atoms with Crippen molar-refractivity contribution < 1.29 is 9.53 Å². The Morgan fingerprint density at radius 1 is 1.78 bits per heavy atom. The zero-order valence-corrected chi connectivity index (χ0v) is 4.92. The van der Waals surface area contributed by atoms with Crippen LogP contribution in [0.2, 0.25) is 0 Å². The van der Waals surface area contributed by atoms with E-state index in [1.165, 1.54) is 18.3 Å². The Bertz CT molecular complexity index is 145. The van der Waals surface area contributed by atoms with Crippen molar-refractivity contribution in [1.29, 1.82) is 0 Å². The third-order valence-corrected chi connectivity index (χ3v) is 0.863. The van der Waals surface area contributed by atoms with Gasteiger partial charge in [-0.15, -0.1) is 5.53 Å². The molecule has 1 rings (SSSR count). The summed E-state index contributed by atoms with van der Waals surface area (Å²) >= 11 is 0. The molecule has 0 spiro atoms. The molecule has 0 saturated heterocycles. The van der Waals surface area contributed by atoms with Crippen molar-refractivity contribution in [2.75, 3.05) is 7.11 Å². The summed E-state index contributed by atoms with van der Waals surface area (Å²) in [5.41, 5.74) is 5.09. The summed E-state index contributed by atoms with van der Waals surface area (Å²) in [6.07, 6.45) is 2.65. The van der Waals surface area contributed by atoms with E-state index in [2.05, 4.69) is 15.7 Å². The molecule has 0 unspecified atom stereocenters. The first kappa shape index (κ1) is 5.90. The number of hydrazine groups is 2. The normalized spacial score (nSPS) is 15.4. The molecule has 50 valence electrons. The molecule has 1 aliphatic rings. The number of nitrogens with zero attached hydrogens (tertiary/aromatic N) is 1. The van der Waals surface area contributed by atoms with Crippen LogP contribution in [0.5, 0.6) is 0 Å². The van der Waals surface area contributed by atoms with Gasteiger partial charge in [-0.25, -0.2) is 4.79 Å². The van der Waals surface area contributed by atoms with Crippen LogP contribution in [0.15, 0.2) is 12.4 Å². The quantitative estimate of drug-likeness (QED) is 0.465. The first-order chi connectivity index (χ1) is 4.34. The smallest absolute Gasteiger partial charge is 0.429 e. The fourth-order valence-corrected chi connectivity index (χ4v) is 0.461.